The predicted molar refractivity (Wildman–Crippen MR) is 141 cm³/mol. The van der Waals surface area contributed by atoms with Crippen molar-refractivity contribution >= 4 is 11.9 Å². The molecule has 0 bridgehead atoms. The van der Waals surface area contributed by atoms with Crippen LogP contribution in [0.1, 0.15) is 49.8 Å². The summed E-state index contributed by atoms with van der Waals surface area (Å²) in [5.74, 6) is -1.04. The lowest BCUT2D eigenvalue weighted by molar-refractivity contribution is -0.188. The molecule has 0 radical (unpaired) electrons. The average molecular weight is 486 g/mol. The Hall–Kier alpha value is -3.44. The molecule has 5 heteroatoms. The number of benzene rings is 3. The smallest absolute Gasteiger partial charge is 0.332 e. The standard InChI is InChI=1S/C31H35NO4/c1-31(2,3)36-30(34)28-26(35-21-13-16-23-14-7-4-8-15-23)22-32(28)29(33)27(24-17-9-5-10-18-24)25-19-11-6-12-20-25/h4-12,14-15,17-20,26-28H,13,16,21-22H2,1-3H3/t26-,28+/m1/s1. The first-order valence-corrected chi connectivity index (χ1v) is 12.6. The third-order valence-electron chi connectivity index (χ3n) is 6.29. The zero-order valence-electron chi connectivity index (χ0n) is 21.3. The molecule has 0 spiro atoms. The molecular weight excluding hydrogens is 450 g/mol. The lowest BCUT2D eigenvalue weighted by atomic mass is 9.87. The van der Waals surface area contributed by atoms with Gasteiger partial charge >= 0.3 is 5.97 Å². The number of amides is 1. The minimum absolute atomic E-state index is 0.118. The number of likely N-dealkylation sites (tertiary alicyclic amines) is 1. The second-order valence-electron chi connectivity index (χ2n) is 10.2. The highest BCUT2D eigenvalue weighted by Gasteiger charge is 2.50. The lowest BCUT2D eigenvalue weighted by Crippen LogP contribution is -2.68. The Kier molecular flexibility index (Phi) is 8.21. The summed E-state index contributed by atoms with van der Waals surface area (Å²) < 4.78 is 11.8. The first-order valence-electron chi connectivity index (χ1n) is 12.6. The van der Waals surface area contributed by atoms with Gasteiger partial charge in [0.05, 0.1) is 12.5 Å². The minimum Gasteiger partial charge on any atom is -0.458 e. The second-order valence-corrected chi connectivity index (χ2v) is 10.2. The molecule has 1 aliphatic heterocycles. The molecule has 3 aromatic rings. The molecule has 0 aliphatic carbocycles. The molecule has 0 aromatic heterocycles. The Balaban J connectivity index is 1.50. The van der Waals surface area contributed by atoms with E-state index in [0.29, 0.717) is 13.2 Å². The number of carbonyl (C=O) groups excluding carboxylic acids is 2. The number of aryl methyl sites for hydroxylation is 1. The predicted octanol–water partition coefficient (Wildman–Crippen LogP) is 5.39. The van der Waals surface area contributed by atoms with Crippen molar-refractivity contribution in [3.63, 3.8) is 0 Å². The van der Waals surface area contributed by atoms with Crippen LogP contribution in [-0.2, 0) is 25.5 Å². The van der Waals surface area contributed by atoms with E-state index in [4.69, 9.17) is 9.47 Å². The number of nitrogens with zero attached hydrogens (tertiary/aromatic N) is 1. The van der Waals surface area contributed by atoms with Crippen LogP contribution in [0.15, 0.2) is 91.0 Å². The third-order valence-corrected chi connectivity index (χ3v) is 6.29. The molecule has 0 saturated carbocycles. The van der Waals surface area contributed by atoms with Crippen LogP contribution in [0.5, 0.6) is 0 Å². The third kappa shape index (κ3) is 6.41. The molecule has 5 nitrogen and oxygen atoms in total. The Bertz CT molecular complexity index is 1090. The van der Waals surface area contributed by atoms with E-state index >= 15 is 0 Å². The van der Waals surface area contributed by atoms with Gasteiger partial charge in [-0.25, -0.2) is 4.79 Å². The van der Waals surface area contributed by atoms with Gasteiger partial charge in [-0.05, 0) is 50.3 Å². The monoisotopic (exact) mass is 485 g/mol. The van der Waals surface area contributed by atoms with Crippen molar-refractivity contribution in [3.8, 4) is 0 Å². The summed E-state index contributed by atoms with van der Waals surface area (Å²) in [4.78, 5) is 28.8. The zero-order valence-corrected chi connectivity index (χ0v) is 21.3. The zero-order chi connectivity index (χ0) is 25.5. The fourth-order valence-electron chi connectivity index (χ4n) is 4.57. The maximum Gasteiger partial charge on any atom is 0.332 e. The Morgan fingerprint density at radius 2 is 1.39 bits per heavy atom. The fourth-order valence-corrected chi connectivity index (χ4v) is 4.57. The highest BCUT2D eigenvalue weighted by Crippen LogP contribution is 2.33. The van der Waals surface area contributed by atoms with Crippen LogP contribution >= 0.6 is 0 Å². The molecule has 1 fully saturated rings. The van der Waals surface area contributed by atoms with Gasteiger partial charge in [0, 0.05) is 6.61 Å². The molecular formula is C31H35NO4. The van der Waals surface area contributed by atoms with Crippen molar-refractivity contribution in [1.82, 2.24) is 4.90 Å². The molecule has 0 N–H and O–H groups in total. The van der Waals surface area contributed by atoms with Crippen molar-refractivity contribution in [3.05, 3.63) is 108 Å². The second kappa shape index (κ2) is 11.5. The Morgan fingerprint density at radius 1 is 0.861 bits per heavy atom. The van der Waals surface area contributed by atoms with Crippen LogP contribution in [0, 0.1) is 0 Å². The summed E-state index contributed by atoms with van der Waals surface area (Å²) in [6, 6.07) is 28.9. The Labute approximate surface area is 214 Å². The van der Waals surface area contributed by atoms with E-state index in [0.717, 1.165) is 24.0 Å². The van der Waals surface area contributed by atoms with Gasteiger partial charge in [0.1, 0.15) is 11.7 Å². The van der Waals surface area contributed by atoms with Crippen LogP contribution in [0.3, 0.4) is 0 Å². The van der Waals surface area contributed by atoms with Crippen molar-refractivity contribution < 1.29 is 19.1 Å². The van der Waals surface area contributed by atoms with Crippen LogP contribution in [0.25, 0.3) is 0 Å². The van der Waals surface area contributed by atoms with Crippen LogP contribution in [-0.4, -0.2) is 47.7 Å². The van der Waals surface area contributed by atoms with Crippen LogP contribution in [0.4, 0.5) is 0 Å². The van der Waals surface area contributed by atoms with E-state index in [-0.39, 0.29) is 12.0 Å². The molecule has 1 aliphatic rings. The van der Waals surface area contributed by atoms with Gasteiger partial charge in [-0.2, -0.15) is 0 Å². The number of hydrogen-bond acceptors (Lipinski definition) is 4. The summed E-state index contributed by atoms with van der Waals surface area (Å²) in [5, 5.41) is 0. The summed E-state index contributed by atoms with van der Waals surface area (Å²) in [6.07, 6.45) is 1.36. The maximum atomic E-state index is 13.9. The lowest BCUT2D eigenvalue weighted by Gasteiger charge is -2.47. The average Bonchev–Trinajstić information content (AvgIpc) is 2.84. The Morgan fingerprint density at radius 3 is 1.92 bits per heavy atom. The number of ether oxygens (including phenoxy) is 2. The molecule has 1 heterocycles. The molecule has 4 rings (SSSR count). The van der Waals surface area contributed by atoms with Gasteiger partial charge in [-0.3, -0.25) is 4.79 Å². The summed E-state index contributed by atoms with van der Waals surface area (Å²) in [6.45, 7) is 6.39. The summed E-state index contributed by atoms with van der Waals surface area (Å²) in [7, 11) is 0. The van der Waals surface area contributed by atoms with Crippen LogP contribution < -0.4 is 0 Å². The van der Waals surface area contributed by atoms with E-state index < -0.39 is 23.5 Å². The summed E-state index contributed by atoms with van der Waals surface area (Å²) in [5.41, 5.74) is 2.38. The molecule has 3 aromatic carbocycles. The highest BCUT2D eigenvalue weighted by atomic mass is 16.6. The van der Waals surface area contributed by atoms with Gasteiger partial charge in [0.15, 0.2) is 6.04 Å². The summed E-state index contributed by atoms with van der Waals surface area (Å²) >= 11 is 0. The molecule has 36 heavy (non-hydrogen) atoms. The topological polar surface area (TPSA) is 55.8 Å². The number of esters is 1. The first-order chi connectivity index (χ1) is 17.3. The van der Waals surface area contributed by atoms with E-state index in [1.54, 1.807) is 4.90 Å². The normalized spacial score (nSPS) is 17.5. The van der Waals surface area contributed by atoms with Crippen molar-refractivity contribution in [2.45, 2.75) is 57.3 Å². The molecule has 1 saturated heterocycles. The van der Waals surface area contributed by atoms with Crippen LogP contribution in [0.2, 0.25) is 0 Å². The van der Waals surface area contributed by atoms with E-state index in [1.807, 2.05) is 99.6 Å². The quantitative estimate of drug-likeness (QED) is 0.301. The SMILES string of the molecule is CC(C)(C)OC(=O)[C@@H]1[C@H](OCCCc2ccccc2)CN1C(=O)C(c1ccccc1)c1ccccc1. The van der Waals surface area contributed by atoms with E-state index in [9.17, 15) is 9.59 Å². The number of rotatable bonds is 9. The first kappa shape index (κ1) is 25.6. The van der Waals surface area contributed by atoms with Gasteiger partial charge in [-0.15, -0.1) is 0 Å². The van der Waals surface area contributed by atoms with E-state index in [1.165, 1.54) is 5.56 Å². The molecule has 1 amide bonds. The largest absolute Gasteiger partial charge is 0.458 e. The van der Waals surface area contributed by atoms with Gasteiger partial charge in [0.25, 0.3) is 0 Å². The van der Waals surface area contributed by atoms with Crippen molar-refractivity contribution in [2.75, 3.05) is 13.2 Å². The highest BCUT2D eigenvalue weighted by molar-refractivity contribution is 5.93. The maximum absolute atomic E-state index is 13.9. The molecule has 2 atom stereocenters. The van der Waals surface area contributed by atoms with Crippen molar-refractivity contribution in [2.24, 2.45) is 0 Å². The molecule has 188 valence electrons. The fraction of sp³-hybridized carbons (Fsp3) is 0.355. The van der Waals surface area contributed by atoms with E-state index in [2.05, 4.69) is 12.1 Å². The molecule has 0 unspecified atom stereocenters. The van der Waals surface area contributed by atoms with Crippen molar-refractivity contribution in [1.29, 1.82) is 0 Å². The minimum atomic E-state index is -0.761. The van der Waals surface area contributed by atoms with Gasteiger partial charge < -0.3 is 14.4 Å². The number of carbonyl (C=O) groups is 2. The van der Waals surface area contributed by atoms with Gasteiger partial charge in [0.2, 0.25) is 5.91 Å². The van der Waals surface area contributed by atoms with Gasteiger partial charge in [-0.1, -0.05) is 91.0 Å². The number of hydrogen-bond donors (Lipinski definition) is 0.